The first-order chi connectivity index (χ1) is 13.9. The second-order valence-corrected chi connectivity index (χ2v) is 7.75. The van der Waals surface area contributed by atoms with E-state index in [1.165, 1.54) is 30.6 Å². The van der Waals surface area contributed by atoms with Crippen LogP contribution in [0.3, 0.4) is 0 Å². The Morgan fingerprint density at radius 2 is 1.86 bits per heavy atom. The molecule has 0 fully saturated rings. The van der Waals surface area contributed by atoms with Gasteiger partial charge in [0.25, 0.3) is 5.91 Å². The second-order valence-electron chi connectivity index (χ2n) is 5.64. The van der Waals surface area contributed by atoms with E-state index in [2.05, 4.69) is 15.6 Å². The van der Waals surface area contributed by atoms with Crippen LogP contribution in [0.25, 0.3) is 11.3 Å². The van der Waals surface area contributed by atoms with Crippen molar-refractivity contribution in [2.75, 3.05) is 19.5 Å². The molecule has 0 spiro atoms. The molecule has 1 heterocycles. The Morgan fingerprint density at radius 3 is 2.52 bits per heavy atom. The highest BCUT2D eigenvalue weighted by Crippen LogP contribution is 2.32. The summed E-state index contributed by atoms with van der Waals surface area (Å²) in [4.78, 5) is 17.0. The van der Waals surface area contributed by atoms with Gasteiger partial charge in [-0.2, -0.15) is 0 Å². The summed E-state index contributed by atoms with van der Waals surface area (Å²) < 4.78 is 10.3. The standard InChI is InChI=1S/C19H15Cl2N3O3S2/c1-26-12-5-3-10(4-6-12)15-9-29-19(22-15)24-18(28)23-17(25)13-7-11(20)8-14(21)16(13)27-2/h3-9H,1-2H3,(H2,22,23,24,25,28). The molecule has 0 aliphatic heterocycles. The molecule has 0 atom stereocenters. The van der Waals surface area contributed by atoms with E-state index in [0.717, 1.165) is 17.0 Å². The number of rotatable bonds is 5. The number of nitrogens with zero attached hydrogens (tertiary/aromatic N) is 1. The number of aromatic nitrogens is 1. The van der Waals surface area contributed by atoms with E-state index in [-0.39, 0.29) is 21.4 Å². The highest BCUT2D eigenvalue weighted by molar-refractivity contribution is 7.80. The minimum Gasteiger partial charge on any atom is -0.497 e. The number of halogens is 2. The quantitative estimate of drug-likeness (QED) is 0.498. The van der Waals surface area contributed by atoms with E-state index in [9.17, 15) is 4.79 Å². The number of hydrogen-bond donors (Lipinski definition) is 2. The molecule has 0 radical (unpaired) electrons. The number of benzene rings is 2. The lowest BCUT2D eigenvalue weighted by Crippen LogP contribution is -2.34. The summed E-state index contributed by atoms with van der Waals surface area (Å²) >= 11 is 18.6. The Hall–Kier alpha value is -2.39. The number of thiazole rings is 1. The zero-order valence-electron chi connectivity index (χ0n) is 15.3. The minimum atomic E-state index is -0.504. The number of carbonyl (C=O) groups is 1. The fourth-order valence-corrected chi connectivity index (χ4v) is 4.01. The molecular weight excluding hydrogens is 453 g/mol. The largest absolute Gasteiger partial charge is 0.497 e. The lowest BCUT2D eigenvalue weighted by molar-refractivity contribution is 0.0975. The van der Waals surface area contributed by atoms with Crippen molar-refractivity contribution in [1.82, 2.24) is 10.3 Å². The summed E-state index contributed by atoms with van der Waals surface area (Å²) in [7, 11) is 3.03. The van der Waals surface area contributed by atoms with Crippen molar-refractivity contribution in [3.8, 4) is 22.8 Å². The van der Waals surface area contributed by atoms with Gasteiger partial charge in [-0.1, -0.05) is 23.2 Å². The number of ether oxygens (including phenoxy) is 2. The SMILES string of the molecule is COc1ccc(-c2csc(NC(=S)NC(=O)c3cc(Cl)cc(Cl)c3OC)n2)cc1. The molecule has 2 N–H and O–H groups in total. The van der Waals surface area contributed by atoms with Crippen molar-refractivity contribution in [3.05, 3.63) is 57.4 Å². The number of hydrogen-bond acceptors (Lipinski definition) is 6. The zero-order chi connectivity index (χ0) is 21.0. The lowest BCUT2D eigenvalue weighted by atomic mass is 10.2. The third-order valence-electron chi connectivity index (χ3n) is 3.79. The number of carbonyl (C=O) groups excluding carboxylic acids is 1. The maximum Gasteiger partial charge on any atom is 0.261 e. The highest BCUT2D eigenvalue weighted by atomic mass is 35.5. The monoisotopic (exact) mass is 467 g/mol. The van der Waals surface area contributed by atoms with Gasteiger partial charge in [0.15, 0.2) is 10.2 Å². The fourth-order valence-electron chi connectivity index (χ4n) is 2.46. The van der Waals surface area contributed by atoms with Gasteiger partial charge in [0, 0.05) is 16.0 Å². The topological polar surface area (TPSA) is 72.5 Å². The van der Waals surface area contributed by atoms with Crippen molar-refractivity contribution in [2.45, 2.75) is 0 Å². The van der Waals surface area contributed by atoms with Crippen LogP contribution < -0.4 is 20.1 Å². The number of thiocarbonyl (C=S) groups is 1. The van der Waals surface area contributed by atoms with Crippen LogP contribution in [0.15, 0.2) is 41.8 Å². The van der Waals surface area contributed by atoms with Crippen molar-refractivity contribution in [1.29, 1.82) is 0 Å². The summed E-state index contributed by atoms with van der Waals surface area (Å²) in [5.74, 6) is 0.478. The molecule has 0 saturated carbocycles. The Bertz CT molecular complexity index is 1060. The van der Waals surface area contributed by atoms with Crippen LogP contribution >= 0.6 is 46.8 Å². The van der Waals surface area contributed by atoms with Gasteiger partial charge < -0.3 is 14.8 Å². The third kappa shape index (κ3) is 5.16. The molecule has 0 bridgehead atoms. The summed E-state index contributed by atoms with van der Waals surface area (Å²) in [6.07, 6.45) is 0. The first-order valence-corrected chi connectivity index (χ1v) is 10.2. The molecule has 2 aromatic carbocycles. The molecule has 29 heavy (non-hydrogen) atoms. The third-order valence-corrected chi connectivity index (χ3v) is 5.26. The minimum absolute atomic E-state index is 0.0868. The predicted molar refractivity (Wildman–Crippen MR) is 121 cm³/mol. The fraction of sp³-hybridized carbons (Fsp3) is 0.105. The van der Waals surface area contributed by atoms with E-state index in [0.29, 0.717) is 10.2 Å². The summed E-state index contributed by atoms with van der Waals surface area (Å²) in [5, 5.41) is 8.52. The van der Waals surface area contributed by atoms with Crippen molar-refractivity contribution < 1.29 is 14.3 Å². The van der Waals surface area contributed by atoms with Crippen molar-refractivity contribution in [3.63, 3.8) is 0 Å². The Morgan fingerprint density at radius 1 is 1.14 bits per heavy atom. The number of amides is 1. The van der Waals surface area contributed by atoms with E-state index in [1.807, 2.05) is 29.6 Å². The number of nitrogens with one attached hydrogen (secondary N) is 2. The highest BCUT2D eigenvalue weighted by Gasteiger charge is 2.18. The van der Waals surface area contributed by atoms with E-state index in [1.54, 1.807) is 7.11 Å². The Balaban J connectivity index is 1.68. The van der Waals surface area contributed by atoms with E-state index >= 15 is 0 Å². The molecule has 1 aromatic heterocycles. The van der Waals surface area contributed by atoms with E-state index < -0.39 is 5.91 Å². The number of methoxy groups -OCH3 is 2. The van der Waals surface area contributed by atoms with Gasteiger partial charge in [-0.3, -0.25) is 10.1 Å². The van der Waals surface area contributed by atoms with Gasteiger partial charge >= 0.3 is 0 Å². The molecule has 1 amide bonds. The second kappa shape index (κ2) is 9.41. The summed E-state index contributed by atoms with van der Waals surface area (Å²) in [6.45, 7) is 0. The van der Waals surface area contributed by atoms with Crippen LogP contribution in [0.1, 0.15) is 10.4 Å². The molecule has 3 rings (SSSR count). The van der Waals surface area contributed by atoms with E-state index in [4.69, 9.17) is 44.9 Å². The Kier molecular flexibility index (Phi) is 6.92. The van der Waals surface area contributed by atoms with Gasteiger partial charge in [-0.25, -0.2) is 4.98 Å². The molecule has 6 nitrogen and oxygen atoms in total. The van der Waals surface area contributed by atoms with Crippen LogP contribution in [0, 0.1) is 0 Å². The zero-order valence-corrected chi connectivity index (χ0v) is 18.4. The molecule has 0 aliphatic rings. The summed E-state index contributed by atoms with van der Waals surface area (Å²) in [6, 6.07) is 10.5. The molecule has 0 saturated heterocycles. The average Bonchev–Trinajstić information content (AvgIpc) is 3.15. The normalized spacial score (nSPS) is 10.3. The molecule has 3 aromatic rings. The molecular formula is C19H15Cl2N3O3S2. The lowest BCUT2D eigenvalue weighted by Gasteiger charge is -2.12. The van der Waals surface area contributed by atoms with Gasteiger partial charge in [-0.05, 0) is 48.6 Å². The van der Waals surface area contributed by atoms with Crippen LogP contribution in [0.4, 0.5) is 5.13 Å². The van der Waals surface area contributed by atoms with Crippen LogP contribution in [-0.4, -0.2) is 30.2 Å². The maximum atomic E-state index is 12.6. The van der Waals surface area contributed by atoms with Gasteiger partial charge in [-0.15, -0.1) is 11.3 Å². The van der Waals surface area contributed by atoms with Crippen LogP contribution in [0.2, 0.25) is 10.0 Å². The maximum absolute atomic E-state index is 12.6. The first kappa shape index (κ1) is 21.3. The summed E-state index contributed by atoms with van der Waals surface area (Å²) in [5.41, 5.74) is 1.88. The predicted octanol–water partition coefficient (Wildman–Crippen LogP) is 5.26. The molecule has 10 heteroatoms. The van der Waals surface area contributed by atoms with Gasteiger partial charge in [0.1, 0.15) is 11.5 Å². The average molecular weight is 468 g/mol. The number of anilines is 1. The van der Waals surface area contributed by atoms with Gasteiger partial charge in [0.2, 0.25) is 0 Å². The smallest absolute Gasteiger partial charge is 0.261 e. The first-order valence-electron chi connectivity index (χ1n) is 8.16. The molecule has 0 unspecified atom stereocenters. The van der Waals surface area contributed by atoms with Crippen molar-refractivity contribution in [2.24, 2.45) is 0 Å². The van der Waals surface area contributed by atoms with Gasteiger partial charge in [0.05, 0.1) is 30.5 Å². The van der Waals surface area contributed by atoms with Crippen LogP contribution in [-0.2, 0) is 0 Å². The van der Waals surface area contributed by atoms with Crippen LogP contribution in [0.5, 0.6) is 11.5 Å². The Labute approximate surface area is 186 Å². The van der Waals surface area contributed by atoms with Crippen molar-refractivity contribution >= 4 is 62.9 Å². The molecule has 0 aliphatic carbocycles. The molecule has 150 valence electrons.